The first-order valence-corrected chi connectivity index (χ1v) is 6.41. The number of aromatic amines is 1. The third-order valence-electron chi connectivity index (χ3n) is 4.80. The minimum absolute atomic E-state index is 0.0337. The highest BCUT2D eigenvalue weighted by Crippen LogP contribution is 2.73. The number of hydrogen-bond donors (Lipinski definition) is 1. The lowest BCUT2D eigenvalue weighted by Crippen LogP contribution is -2.64. The molecule has 2 aromatic rings. The molecule has 0 amide bonds. The number of ether oxygens (including phenoxy) is 1. The second kappa shape index (κ2) is 3.16. The molecule has 3 aliphatic rings. The molecule has 3 saturated carbocycles. The van der Waals surface area contributed by atoms with Crippen LogP contribution in [-0.2, 0) is 9.53 Å². The summed E-state index contributed by atoms with van der Waals surface area (Å²) < 4.78 is 4.97. The zero-order valence-electron chi connectivity index (χ0n) is 10.3. The molecule has 1 atom stereocenters. The molecule has 0 radical (unpaired) electrons. The second-order valence-electron chi connectivity index (χ2n) is 5.61. The van der Waals surface area contributed by atoms with Crippen LogP contribution in [0.15, 0.2) is 30.3 Å². The molecular weight excluding hydrogens is 226 g/mol. The molecule has 3 fully saturated rings. The summed E-state index contributed by atoms with van der Waals surface area (Å²) in [6.07, 6.45) is 2.00. The summed E-state index contributed by atoms with van der Waals surface area (Å²) in [7, 11) is 1.49. The quantitative estimate of drug-likeness (QED) is 0.821. The maximum atomic E-state index is 11.9. The minimum Gasteiger partial charge on any atom is -0.469 e. The maximum absolute atomic E-state index is 11.9. The number of nitrogens with one attached hydrogen (secondary N) is 1. The van der Waals surface area contributed by atoms with Gasteiger partial charge in [0.15, 0.2) is 0 Å². The zero-order chi connectivity index (χ0) is 12.3. The van der Waals surface area contributed by atoms with Gasteiger partial charge in [0.2, 0.25) is 0 Å². The molecule has 1 N–H and O–H groups in total. The van der Waals surface area contributed by atoms with Gasteiger partial charge in [-0.2, -0.15) is 0 Å². The van der Waals surface area contributed by atoms with E-state index in [1.165, 1.54) is 18.2 Å². The van der Waals surface area contributed by atoms with Crippen molar-refractivity contribution in [2.24, 2.45) is 11.3 Å². The fraction of sp³-hybridized carbons (Fsp3) is 0.400. The predicted molar refractivity (Wildman–Crippen MR) is 68.2 cm³/mol. The highest BCUT2D eigenvalue weighted by Gasteiger charge is 2.71. The van der Waals surface area contributed by atoms with Gasteiger partial charge in [0.05, 0.1) is 12.5 Å². The number of fused-ring (bicyclic) bond motifs is 1. The second-order valence-corrected chi connectivity index (χ2v) is 5.61. The average Bonchev–Trinajstić information content (AvgIpc) is 2.67. The van der Waals surface area contributed by atoms with Crippen LogP contribution in [0.3, 0.4) is 0 Å². The Kier molecular flexibility index (Phi) is 1.79. The van der Waals surface area contributed by atoms with E-state index >= 15 is 0 Å². The largest absolute Gasteiger partial charge is 0.469 e. The van der Waals surface area contributed by atoms with Crippen molar-refractivity contribution in [3.05, 3.63) is 36.0 Å². The van der Waals surface area contributed by atoms with Gasteiger partial charge in [0, 0.05) is 17.1 Å². The molecule has 92 valence electrons. The number of methoxy groups -OCH3 is 1. The van der Waals surface area contributed by atoms with Crippen LogP contribution in [0.4, 0.5) is 0 Å². The summed E-state index contributed by atoms with van der Waals surface area (Å²) in [6.45, 7) is 0. The van der Waals surface area contributed by atoms with Crippen LogP contribution in [0, 0.1) is 11.3 Å². The Balaban J connectivity index is 1.74. The molecule has 1 aromatic heterocycles. The average molecular weight is 241 g/mol. The molecule has 2 bridgehead atoms. The number of rotatable bonds is 2. The van der Waals surface area contributed by atoms with Gasteiger partial charge < -0.3 is 9.72 Å². The topological polar surface area (TPSA) is 42.1 Å². The molecule has 3 heteroatoms. The number of benzene rings is 1. The van der Waals surface area contributed by atoms with Crippen molar-refractivity contribution >= 4 is 16.9 Å². The van der Waals surface area contributed by atoms with Crippen molar-refractivity contribution in [3.8, 4) is 0 Å². The number of esters is 1. The van der Waals surface area contributed by atoms with Gasteiger partial charge in [-0.3, -0.25) is 4.79 Å². The smallest absolute Gasteiger partial charge is 0.312 e. The Hall–Kier alpha value is -1.77. The van der Waals surface area contributed by atoms with E-state index in [1.807, 2.05) is 12.1 Å². The van der Waals surface area contributed by atoms with Crippen LogP contribution in [0.25, 0.3) is 10.9 Å². The molecule has 3 aliphatic carbocycles. The molecule has 1 unspecified atom stereocenters. The van der Waals surface area contributed by atoms with Crippen LogP contribution in [0.5, 0.6) is 0 Å². The zero-order valence-corrected chi connectivity index (χ0v) is 10.3. The Morgan fingerprint density at radius 1 is 1.39 bits per heavy atom. The normalized spacial score (nSPS) is 32.7. The first-order chi connectivity index (χ1) is 8.74. The molecule has 1 heterocycles. The summed E-state index contributed by atoms with van der Waals surface area (Å²) in [5, 5.41) is 1.22. The summed E-state index contributed by atoms with van der Waals surface area (Å²) in [6, 6.07) is 10.4. The standard InChI is InChI=1S/C15H15NO2/c1-18-14(17)15-7-10(8-15)13(15)12-6-9-4-2-3-5-11(9)16-12/h2-6,10,13,16H,7-8H2,1H3. The van der Waals surface area contributed by atoms with Crippen molar-refractivity contribution < 1.29 is 9.53 Å². The van der Waals surface area contributed by atoms with E-state index < -0.39 is 0 Å². The third kappa shape index (κ3) is 1.03. The summed E-state index contributed by atoms with van der Waals surface area (Å²) in [5.41, 5.74) is 2.13. The molecule has 18 heavy (non-hydrogen) atoms. The highest BCUT2D eigenvalue weighted by molar-refractivity contribution is 5.85. The van der Waals surface area contributed by atoms with Crippen molar-refractivity contribution in [1.82, 2.24) is 4.98 Å². The lowest BCUT2D eigenvalue weighted by Gasteiger charge is -2.65. The van der Waals surface area contributed by atoms with E-state index in [0.717, 1.165) is 18.4 Å². The number of hydrogen-bond acceptors (Lipinski definition) is 2. The lowest BCUT2D eigenvalue weighted by atomic mass is 9.37. The van der Waals surface area contributed by atoms with Gasteiger partial charge in [-0.05, 0) is 36.3 Å². The van der Waals surface area contributed by atoms with Crippen molar-refractivity contribution in [2.75, 3.05) is 7.11 Å². The Morgan fingerprint density at radius 2 is 2.17 bits per heavy atom. The summed E-state index contributed by atoms with van der Waals surface area (Å²) in [4.78, 5) is 15.4. The molecule has 0 saturated heterocycles. The van der Waals surface area contributed by atoms with Crippen molar-refractivity contribution in [1.29, 1.82) is 0 Å². The number of carbonyl (C=O) groups is 1. The monoisotopic (exact) mass is 241 g/mol. The molecule has 0 aliphatic heterocycles. The van der Waals surface area contributed by atoms with Crippen LogP contribution < -0.4 is 0 Å². The number of carbonyl (C=O) groups excluding carboxylic acids is 1. The lowest BCUT2D eigenvalue weighted by molar-refractivity contribution is -0.199. The third-order valence-corrected chi connectivity index (χ3v) is 4.80. The van der Waals surface area contributed by atoms with E-state index in [1.54, 1.807) is 0 Å². The van der Waals surface area contributed by atoms with Crippen LogP contribution in [0.2, 0.25) is 0 Å². The van der Waals surface area contributed by atoms with Gasteiger partial charge in [-0.25, -0.2) is 0 Å². The van der Waals surface area contributed by atoms with E-state index in [-0.39, 0.29) is 11.4 Å². The van der Waals surface area contributed by atoms with Crippen LogP contribution in [-0.4, -0.2) is 18.1 Å². The fourth-order valence-corrected chi connectivity index (χ4v) is 3.81. The fourth-order valence-electron chi connectivity index (χ4n) is 3.81. The van der Waals surface area contributed by atoms with E-state index in [2.05, 4.69) is 23.2 Å². The Morgan fingerprint density at radius 3 is 2.78 bits per heavy atom. The first kappa shape index (κ1) is 10.2. The van der Waals surface area contributed by atoms with Gasteiger partial charge in [-0.15, -0.1) is 0 Å². The highest BCUT2D eigenvalue weighted by atomic mass is 16.5. The van der Waals surface area contributed by atoms with Crippen LogP contribution >= 0.6 is 0 Å². The van der Waals surface area contributed by atoms with Gasteiger partial charge in [-0.1, -0.05) is 18.2 Å². The van der Waals surface area contributed by atoms with Crippen molar-refractivity contribution in [3.63, 3.8) is 0 Å². The Bertz CT molecular complexity index is 604. The van der Waals surface area contributed by atoms with Gasteiger partial charge >= 0.3 is 5.97 Å². The summed E-state index contributed by atoms with van der Waals surface area (Å²) in [5.74, 6) is 0.975. The molecular formula is C15H15NO2. The molecule has 0 spiro atoms. The number of para-hydroxylation sites is 1. The maximum Gasteiger partial charge on any atom is 0.312 e. The SMILES string of the molecule is COC(=O)C12CC(C1)C2c1cc2ccccc2[nH]1. The van der Waals surface area contributed by atoms with E-state index in [0.29, 0.717) is 11.8 Å². The van der Waals surface area contributed by atoms with E-state index in [9.17, 15) is 4.79 Å². The molecule has 1 aromatic carbocycles. The molecule has 5 rings (SSSR count). The number of aromatic nitrogens is 1. The number of H-pyrrole nitrogens is 1. The minimum atomic E-state index is -0.222. The summed E-state index contributed by atoms with van der Waals surface area (Å²) >= 11 is 0. The van der Waals surface area contributed by atoms with Gasteiger partial charge in [0.25, 0.3) is 0 Å². The first-order valence-electron chi connectivity index (χ1n) is 6.41. The molecule has 3 nitrogen and oxygen atoms in total. The van der Waals surface area contributed by atoms with Crippen LogP contribution in [0.1, 0.15) is 24.5 Å². The van der Waals surface area contributed by atoms with Gasteiger partial charge in [0.1, 0.15) is 0 Å². The van der Waals surface area contributed by atoms with Crippen molar-refractivity contribution in [2.45, 2.75) is 18.8 Å². The Labute approximate surface area is 105 Å². The van der Waals surface area contributed by atoms with E-state index in [4.69, 9.17) is 4.74 Å². The predicted octanol–water partition coefficient (Wildman–Crippen LogP) is 2.83.